The molecular weight excluding hydrogens is 298 g/mol. The SMILES string of the molecule is Cl.NCC1CCCC1NC(=O)CNC(=O)c1cccs1. The van der Waals surface area contributed by atoms with E-state index < -0.39 is 0 Å². The van der Waals surface area contributed by atoms with Gasteiger partial charge < -0.3 is 16.4 Å². The largest absolute Gasteiger partial charge is 0.352 e. The fourth-order valence-corrected chi connectivity index (χ4v) is 3.06. The minimum Gasteiger partial charge on any atom is -0.352 e. The van der Waals surface area contributed by atoms with E-state index in [0.717, 1.165) is 19.3 Å². The van der Waals surface area contributed by atoms with Crippen LogP contribution in [0.25, 0.3) is 0 Å². The standard InChI is InChI=1S/C13H19N3O2S.ClH/c14-7-9-3-1-4-10(9)16-12(17)8-15-13(18)11-5-2-6-19-11;/h2,5-6,9-10H,1,3-4,7-8,14H2,(H,15,18)(H,16,17);1H. The molecule has 0 aromatic carbocycles. The van der Waals surface area contributed by atoms with Gasteiger partial charge in [0.15, 0.2) is 0 Å². The maximum Gasteiger partial charge on any atom is 0.261 e. The van der Waals surface area contributed by atoms with E-state index in [2.05, 4.69) is 10.6 Å². The molecule has 112 valence electrons. The van der Waals surface area contributed by atoms with Crippen LogP contribution in [0.15, 0.2) is 17.5 Å². The molecule has 20 heavy (non-hydrogen) atoms. The van der Waals surface area contributed by atoms with Gasteiger partial charge in [-0.15, -0.1) is 23.7 Å². The van der Waals surface area contributed by atoms with Crippen LogP contribution in [-0.4, -0.2) is 30.9 Å². The molecule has 0 spiro atoms. The predicted octanol–water partition coefficient (Wildman–Crippen LogP) is 1.14. The van der Waals surface area contributed by atoms with Crippen molar-refractivity contribution in [2.75, 3.05) is 13.1 Å². The van der Waals surface area contributed by atoms with Crippen LogP contribution in [0.4, 0.5) is 0 Å². The normalized spacial score (nSPS) is 21.1. The Morgan fingerprint density at radius 2 is 2.20 bits per heavy atom. The first kappa shape index (κ1) is 16.9. The number of amides is 2. The minimum atomic E-state index is -0.202. The molecule has 2 amide bonds. The molecule has 1 fully saturated rings. The van der Waals surface area contributed by atoms with E-state index in [1.54, 1.807) is 6.07 Å². The molecule has 1 heterocycles. The van der Waals surface area contributed by atoms with Gasteiger partial charge in [0.1, 0.15) is 0 Å². The van der Waals surface area contributed by atoms with Gasteiger partial charge in [-0.05, 0) is 36.8 Å². The van der Waals surface area contributed by atoms with Gasteiger partial charge in [-0.25, -0.2) is 0 Å². The van der Waals surface area contributed by atoms with Crippen LogP contribution in [0.3, 0.4) is 0 Å². The van der Waals surface area contributed by atoms with Crippen molar-refractivity contribution in [3.8, 4) is 0 Å². The maximum atomic E-state index is 11.8. The number of halogens is 1. The van der Waals surface area contributed by atoms with Crippen molar-refractivity contribution in [1.29, 1.82) is 0 Å². The second-order valence-corrected chi connectivity index (χ2v) is 5.71. The van der Waals surface area contributed by atoms with E-state index in [4.69, 9.17) is 5.73 Å². The Kier molecular flexibility index (Phi) is 6.98. The molecule has 2 rings (SSSR count). The summed E-state index contributed by atoms with van der Waals surface area (Å²) >= 11 is 1.36. The van der Waals surface area contributed by atoms with Crippen LogP contribution in [0.5, 0.6) is 0 Å². The van der Waals surface area contributed by atoms with Crippen molar-refractivity contribution in [3.63, 3.8) is 0 Å². The molecule has 1 saturated carbocycles. The Morgan fingerprint density at radius 3 is 2.85 bits per heavy atom. The second kappa shape index (κ2) is 8.24. The van der Waals surface area contributed by atoms with Crippen LogP contribution in [0.1, 0.15) is 28.9 Å². The quantitative estimate of drug-likeness (QED) is 0.761. The number of rotatable bonds is 5. The van der Waals surface area contributed by atoms with Crippen LogP contribution < -0.4 is 16.4 Å². The second-order valence-electron chi connectivity index (χ2n) is 4.76. The summed E-state index contributed by atoms with van der Waals surface area (Å²) in [6, 6.07) is 3.71. The Labute approximate surface area is 128 Å². The van der Waals surface area contributed by atoms with Crippen LogP contribution in [0.2, 0.25) is 0 Å². The highest BCUT2D eigenvalue weighted by Gasteiger charge is 2.27. The van der Waals surface area contributed by atoms with Crippen molar-refractivity contribution < 1.29 is 9.59 Å². The number of thiophene rings is 1. The molecule has 0 saturated heterocycles. The molecule has 7 heteroatoms. The van der Waals surface area contributed by atoms with Crippen molar-refractivity contribution in [1.82, 2.24) is 10.6 Å². The lowest BCUT2D eigenvalue weighted by atomic mass is 10.0. The summed E-state index contributed by atoms with van der Waals surface area (Å²) in [7, 11) is 0. The molecule has 5 nitrogen and oxygen atoms in total. The lowest BCUT2D eigenvalue weighted by Gasteiger charge is -2.19. The van der Waals surface area contributed by atoms with Crippen molar-refractivity contribution in [2.45, 2.75) is 25.3 Å². The monoisotopic (exact) mass is 317 g/mol. The van der Waals surface area contributed by atoms with Crippen LogP contribution in [-0.2, 0) is 4.79 Å². The number of carbonyl (C=O) groups is 2. The van der Waals surface area contributed by atoms with Crippen molar-refractivity contribution in [2.24, 2.45) is 11.7 Å². The maximum absolute atomic E-state index is 11.8. The van der Waals surface area contributed by atoms with Gasteiger partial charge in [-0.3, -0.25) is 9.59 Å². The topological polar surface area (TPSA) is 84.2 Å². The van der Waals surface area contributed by atoms with Gasteiger partial charge in [0.05, 0.1) is 11.4 Å². The van der Waals surface area contributed by atoms with Gasteiger partial charge in [0, 0.05) is 6.04 Å². The summed E-state index contributed by atoms with van der Waals surface area (Å²) < 4.78 is 0. The average molecular weight is 318 g/mol. The lowest BCUT2D eigenvalue weighted by Crippen LogP contribution is -2.44. The highest BCUT2D eigenvalue weighted by atomic mass is 35.5. The molecule has 1 aliphatic rings. The Hall–Kier alpha value is -1.11. The van der Waals surface area contributed by atoms with Crippen LogP contribution in [0, 0.1) is 5.92 Å². The van der Waals surface area contributed by atoms with Gasteiger partial charge in [-0.2, -0.15) is 0 Å². The molecular formula is C13H20ClN3O2S. The number of hydrogen-bond acceptors (Lipinski definition) is 4. The fraction of sp³-hybridized carbons (Fsp3) is 0.538. The lowest BCUT2D eigenvalue weighted by molar-refractivity contribution is -0.121. The zero-order chi connectivity index (χ0) is 13.7. The van der Waals surface area contributed by atoms with Gasteiger partial charge >= 0.3 is 0 Å². The number of nitrogens with one attached hydrogen (secondary N) is 2. The Bertz CT molecular complexity index is 439. The molecule has 1 aliphatic carbocycles. The van der Waals surface area contributed by atoms with E-state index in [9.17, 15) is 9.59 Å². The smallest absolute Gasteiger partial charge is 0.261 e. The molecule has 0 radical (unpaired) electrons. The first-order valence-electron chi connectivity index (χ1n) is 6.52. The number of carbonyl (C=O) groups excluding carboxylic acids is 2. The fourth-order valence-electron chi connectivity index (χ4n) is 2.42. The van der Waals surface area contributed by atoms with E-state index in [-0.39, 0.29) is 36.8 Å². The van der Waals surface area contributed by atoms with Gasteiger partial charge in [-0.1, -0.05) is 12.5 Å². The first-order chi connectivity index (χ1) is 9.20. The molecule has 0 bridgehead atoms. The third-order valence-corrected chi connectivity index (χ3v) is 4.33. The third kappa shape index (κ3) is 4.47. The highest BCUT2D eigenvalue weighted by Crippen LogP contribution is 2.24. The van der Waals surface area contributed by atoms with Crippen molar-refractivity contribution in [3.05, 3.63) is 22.4 Å². The average Bonchev–Trinajstić information content (AvgIpc) is 3.06. The summed E-state index contributed by atoms with van der Waals surface area (Å²) in [6.07, 6.45) is 3.16. The summed E-state index contributed by atoms with van der Waals surface area (Å²) in [5.74, 6) is 0.0270. The van der Waals surface area contributed by atoms with E-state index in [1.165, 1.54) is 11.3 Å². The highest BCUT2D eigenvalue weighted by molar-refractivity contribution is 7.12. The molecule has 2 unspecified atom stereocenters. The molecule has 1 aromatic heterocycles. The van der Waals surface area contributed by atoms with Crippen LogP contribution >= 0.6 is 23.7 Å². The van der Waals surface area contributed by atoms with Gasteiger partial charge in [0.2, 0.25) is 5.91 Å². The van der Waals surface area contributed by atoms with E-state index in [1.807, 2.05) is 11.4 Å². The molecule has 0 aliphatic heterocycles. The minimum absolute atomic E-state index is 0. The molecule has 1 aromatic rings. The zero-order valence-corrected chi connectivity index (χ0v) is 12.8. The number of hydrogen-bond donors (Lipinski definition) is 3. The van der Waals surface area contributed by atoms with Crippen molar-refractivity contribution >= 4 is 35.6 Å². The van der Waals surface area contributed by atoms with E-state index in [0.29, 0.717) is 17.3 Å². The third-order valence-electron chi connectivity index (χ3n) is 3.46. The van der Waals surface area contributed by atoms with Gasteiger partial charge in [0.25, 0.3) is 5.91 Å². The molecule has 2 atom stereocenters. The summed E-state index contributed by atoms with van der Waals surface area (Å²) in [5, 5.41) is 7.40. The van der Waals surface area contributed by atoms with E-state index >= 15 is 0 Å². The zero-order valence-electron chi connectivity index (χ0n) is 11.1. The molecule has 4 N–H and O–H groups in total. The summed E-state index contributed by atoms with van der Waals surface area (Å²) in [4.78, 5) is 24.1. The Balaban J connectivity index is 0.00000200. The Morgan fingerprint density at radius 1 is 1.40 bits per heavy atom. The number of nitrogens with two attached hydrogens (primary N) is 1. The summed E-state index contributed by atoms with van der Waals surface area (Å²) in [5.41, 5.74) is 5.67. The predicted molar refractivity (Wildman–Crippen MR) is 82.2 cm³/mol. The first-order valence-corrected chi connectivity index (χ1v) is 7.40. The summed E-state index contributed by atoms with van der Waals surface area (Å²) in [6.45, 7) is 0.622.